The lowest BCUT2D eigenvalue weighted by Gasteiger charge is -2.42. The highest BCUT2D eigenvalue weighted by atomic mass is 16.5. The first-order valence-electron chi connectivity index (χ1n) is 9.69. The van der Waals surface area contributed by atoms with Gasteiger partial charge in [-0.25, -0.2) is 4.79 Å². The van der Waals surface area contributed by atoms with E-state index in [-0.39, 0.29) is 22.9 Å². The summed E-state index contributed by atoms with van der Waals surface area (Å²) in [7, 11) is 0. The third-order valence-corrected chi connectivity index (χ3v) is 6.30. The van der Waals surface area contributed by atoms with E-state index in [1.807, 2.05) is 30.3 Å². The maximum Gasteiger partial charge on any atom is 0.338 e. The molecule has 2 aliphatic carbocycles. The Morgan fingerprint density at radius 1 is 0.923 bits per heavy atom. The fourth-order valence-corrected chi connectivity index (χ4v) is 4.27. The molecule has 1 fully saturated rings. The predicted molar refractivity (Wildman–Crippen MR) is 105 cm³/mol. The lowest BCUT2D eigenvalue weighted by atomic mass is 9.63. The number of esters is 1. The van der Waals surface area contributed by atoms with Gasteiger partial charge in [0.05, 0.1) is 5.56 Å². The Morgan fingerprint density at radius 3 is 2.27 bits per heavy atom. The Balaban J connectivity index is 1.53. The monoisotopic (exact) mass is 348 g/mol. The Kier molecular flexibility index (Phi) is 3.98. The molecule has 2 atom stereocenters. The summed E-state index contributed by atoms with van der Waals surface area (Å²) in [4.78, 5) is 12.3. The summed E-state index contributed by atoms with van der Waals surface area (Å²) in [5.41, 5.74) is 5.37. The Bertz CT molecular complexity index is 833. The summed E-state index contributed by atoms with van der Waals surface area (Å²) in [6, 6.07) is 16.2. The Morgan fingerprint density at radius 2 is 1.58 bits per heavy atom. The van der Waals surface area contributed by atoms with Gasteiger partial charge >= 0.3 is 5.97 Å². The van der Waals surface area contributed by atoms with E-state index in [0.29, 0.717) is 11.5 Å². The molecule has 0 spiro atoms. The van der Waals surface area contributed by atoms with E-state index < -0.39 is 0 Å². The molecule has 1 saturated carbocycles. The van der Waals surface area contributed by atoms with Crippen molar-refractivity contribution >= 4 is 5.97 Å². The summed E-state index contributed by atoms with van der Waals surface area (Å²) in [6.45, 7) is 9.40. The molecule has 2 aromatic carbocycles. The molecule has 0 aliphatic heterocycles. The zero-order valence-corrected chi connectivity index (χ0v) is 16.2. The smallest absolute Gasteiger partial charge is 0.338 e. The van der Waals surface area contributed by atoms with Gasteiger partial charge in [0, 0.05) is 5.92 Å². The zero-order valence-electron chi connectivity index (χ0n) is 16.2. The molecular weight excluding hydrogens is 320 g/mol. The molecule has 0 heterocycles. The standard InChI is InChI=1S/C24H28O2/c1-23(2)12-13-24(3,4)20-14-17(10-11-19(20)23)18-15-21(18)26-22(25)16-8-6-5-7-9-16/h5-11,14,18,21H,12-13,15H2,1-4H3. The summed E-state index contributed by atoms with van der Waals surface area (Å²) in [5, 5.41) is 0. The predicted octanol–water partition coefficient (Wildman–Crippen LogP) is 5.75. The lowest BCUT2D eigenvalue weighted by Crippen LogP contribution is -2.33. The van der Waals surface area contributed by atoms with E-state index >= 15 is 0 Å². The number of benzene rings is 2. The molecule has 0 aromatic heterocycles. The summed E-state index contributed by atoms with van der Waals surface area (Å²) >= 11 is 0. The van der Waals surface area contributed by atoms with Crippen LogP contribution in [0.5, 0.6) is 0 Å². The van der Waals surface area contributed by atoms with E-state index in [1.54, 1.807) is 0 Å². The molecule has 0 N–H and O–H groups in total. The average Bonchev–Trinajstić information content (AvgIpc) is 3.39. The number of hydrogen-bond acceptors (Lipinski definition) is 2. The molecule has 0 radical (unpaired) electrons. The maximum absolute atomic E-state index is 12.3. The topological polar surface area (TPSA) is 26.3 Å². The van der Waals surface area contributed by atoms with E-state index in [0.717, 1.165) is 6.42 Å². The highest BCUT2D eigenvalue weighted by Crippen LogP contribution is 2.49. The van der Waals surface area contributed by atoms with Crippen molar-refractivity contribution in [1.82, 2.24) is 0 Å². The number of rotatable bonds is 3. The van der Waals surface area contributed by atoms with Crippen molar-refractivity contribution in [3.05, 3.63) is 70.8 Å². The second kappa shape index (κ2) is 5.97. The minimum atomic E-state index is -0.211. The molecule has 0 amide bonds. The number of hydrogen-bond donors (Lipinski definition) is 0. The molecule has 0 bridgehead atoms. The van der Waals surface area contributed by atoms with E-state index in [1.165, 1.54) is 29.5 Å². The summed E-state index contributed by atoms with van der Waals surface area (Å²) in [5.74, 6) is 0.131. The van der Waals surface area contributed by atoms with Crippen molar-refractivity contribution in [3.8, 4) is 0 Å². The second-order valence-electron chi connectivity index (χ2n) is 9.22. The number of carbonyl (C=O) groups is 1. The van der Waals surface area contributed by atoms with Crippen LogP contribution in [-0.4, -0.2) is 12.1 Å². The maximum atomic E-state index is 12.3. The fraction of sp³-hybridized carbons (Fsp3) is 0.458. The van der Waals surface area contributed by atoms with Gasteiger partial charge in [-0.05, 0) is 58.9 Å². The average molecular weight is 348 g/mol. The van der Waals surface area contributed by atoms with Crippen LogP contribution in [0, 0.1) is 0 Å². The Hall–Kier alpha value is -2.09. The molecule has 0 saturated heterocycles. The van der Waals surface area contributed by atoms with Gasteiger partial charge < -0.3 is 4.74 Å². The van der Waals surface area contributed by atoms with Crippen LogP contribution in [0.1, 0.15) is 79.9 Å². The largest absolute Gasteiger partial charge is 0.458 e. The number of fused-ring (bicyclic) bond motifs is 1. The number of ether oxygens (including phenoxy) is 1. The minimum absolute atomic E-state index is 0.0143. The van der Waals surface area contributed by atoms with Crippen LogP contribution in [0.4, 0.5) is 0 Å². The molecule has 2 aliphatic rings. The molecule has 2 aromatic rings. The molecule has 2 nitrogen and oxygen atoms in total. The summed E-state index contributed by atoms with van der Waals surface area (Å²) < 4.78 is 5.71. The SMILES string of the molecule is CC1(C)CCC(C)(C)c2cc(C3CC3OC(=O)c3ccccc3)ccc21. The molecule has 2 unspecified atom stereocenters. The van der Waals surface area contributed by atoms with E-state index in [2.05, 4.69) is 45.9 Å². The van der Waals surface area contributed by atoms with Crippen LogP contribution < -0.4 is 0 Å². The van der Waals surface area contributed by atoms with Crippen molar-refractivity contribution < 1.29 is 9.53 Å². The van der Waals surface area contributed by atoms with Crippen LogP contribution in [0.3, 0.4) is 0 Å². The Labute approximate surface area is 156 Å². The van der Waals surface area contributed by atoms with Crippen LogP contribution in [0.15, 0.2) is 48.5 Å². The molecule has 2 heteroatoms. The highest BCUT2D eigenvalue weighted by molar-refractivity contribution is 5.89. The lowest BCUT2D eigenvalue weighted by molar-refractivity contribution is 0.0464. The van der Waals surface area contributed by atoms with Crippen molar-refractivity contribution in [3.63, 3.8) is 0 Å². The first kappa shape index (κ1) is 17.3. The first-order valence-corrected chi connectivity index (χ1v) is 9.69. The first-order chi connectivity index (χ1) is 12.3. The van der Waals surface area contributed by atoms with E-state index in [4.69, 9.17) is 4.74 Å². The molecule has 26 heavy (non-hydrogen) atoms. The van der Waals surface area contributed by atoms with Gasteiger partial charge in [0.1, 0.15) is 6.10 Å². The number of carbonyl (C=O) groups excluding carboxylic acids is 1. The van der Waals surface area contributed by atoms with E-state index in [9.17, 15) is 4.79 Å². The van der Waals surface area contributed by atoms with Crippen LogP contribution in [-0.2, 0) is 15.6 Å². The van der Waals surface area contributed by atoms with Crippen molar-refractivity contribution in [2.75, 3.05) is 0 Å². The van der Waals surface area contributed by atoms with Gasteiger partial charge in [0.15, 0.2) is 0 Å². The van der Waals surface area contributed by atoms with Gasteiger partial charge in [-0.15, -0.1) is 0 Å². The van der Waals surface area contributed by atoms with Gasteiger partial charge in [0.25, 0.3) is 0 Å². The second-order valence-corrected chi connectivity index (χ2v) is 9.22. The highest BCUT2D eigenvalue weighted by Gasteiger charge is 2.44. The van der Waals surface area contributed by atoms with Crippen molar-refractivity contribution in [2.24, 2.45) is 0 Å². The van der Waals surface area contributed by atoms with Crippen molar-refractivity contribution in [2.45, 2.75) is 69.8 Å². The molecular formula is C24H28O2. The third kappa shape index (κ3) is 3.06. The minimum Gasteiger partial charge on any atom is -0.458 e. The van der Waals surface area contributed by atoms with Crippen LogP contribution in [0.25, 0.3) is 0 Å². The van der Waals surface area contributed by atoms with Crippen LogP contribution >= 0.6 is 0 Å². The molecule has 136 valence electrons. The van der Waals surface area contributed by atoms with Gasteiger partial charge in [-0.2, -0.15) is 0 Å². The van der Waals surface area contributed by atoms with Crippen LogP contribution in [0.2, 0.25) is 0 Å². The summed E-state index contributed by atoms with van der Waals surface area (Å²) in [6.07, 6.45) is 3.39. The van der Waals surface area contributed by atoms with Gasteiger partial charge in [-0.3, -0.25) is 0 Å². The fourth-order valence-electron chi connectivity index (χ4n) is 4.27. The quantitative estimate of drug-likeness (QED) is 0.660. The normalized spacial score (nSPS) is 25.2. The van der Waals surface area contributed by atoms with Gasteiger partial charge in [0.2, 0.25) is 0 Å². The van der Waals surface area contributed by atoms with Crippen molar-refractivity contribution in [1.29, 1.82) is 0 Å². The molecule has 4 rings (SSSR count). The zero-order chi connectivity index (χ0) is 18.5. The third-order valence-electron chi connectivity index (χ3n) is 6.30. The van der Waals surface area contributed by atoms with Gasteiger partial charge in [-0.1, -0.05) is 64.1 Å².